The van der Waals surface area contributed by atoms with Gasteiger partial charge in [-0.3, -0.25) is 0 Å². The Balaban J connectivity index is 1.59. The summed E-state index contributed by atoms with van der Waals surface area (Å²) < 4.78 is 6.70. The summed E-state index contributed by atoms with van der Waals surface area (Å²) in [6.07, 6.45) is 3.70. The predicted molar refractivity (Wildman–Crippen MR) is 79.5 cm³/mol. The highest BCUT2D eigenvalue weighted by Crippen LogP contribution is 2.29. The lowest BCUT2D eigenvalue weighted by Gasteiger charge is -2.14. The standard InChI is InChI=1S/C14H19BrClNO/c15-12-4-2-5-13(9-12)18-8-7-17-10-11-3-1-6-14(11)16/h2,4-5,9,11,14,17H,1,3,6-8,10H2. The van der Waals surface area contributed by atoms with Gasteiger partial charge in [-0.15, -0.1) is 11.6 Å². The fourth-order valence-electron chi connectivity index (χ4n) is 2.31. The summed E-state index contributed by atoms with van der Waals surface area (Å²) in [5.41, 5.74) is 0. The van der Waals surface area contributed by atoms with Crippen LogP contribution >= 0.6 is 27.5 Å². The van der Waals surface area contributed by atoms with Gasteiger partial charge in [0.2, 0.25) is 0 Å². The highest BCUT2D eigenvalue weighted by Gasteiger charge is 2.24. The van der Waals surface area contributed by atoms with E-state index in [1.165, 1.54) is 19.3 Å². The number of hydrogen-bond donors (Lipinski definition) is 1. The maximum absolute atomic E-state index is 6.23. The lowest BCUT2D eigenvalue weighted by molar-refractivity contribution is 0.309. The fraction of sp³-hybridized carbons (Fsp3) is 0.571. The van der Waals surface area contributed by atoms with E-state index < -0.39 is 0 Å². The number of rotatable bonds is 6. The topological polar surface area (TPSA) is 21.3 Å². The summed E-state index contributed by atoms with van der Waals surface area (Å²) in [7, 11) is 0. The van der Waals surface area contributed by atoms with Gasteiger partial charge in [0.05, 0.1) is 0 Å². The van der Waals surface area contributed by atoms with Gasteiger partial charge >= 0.3 is 0 Å². The molecule has 18 heavy (non-hydrogen) atoms. The zero-order valence-electron chi connectivity index (χ0n) is 10.4. The van der Waals surface area contributed by atoms with Crippen molar-refractivity contribution in [3.63, 3.8) is 0 Å². The molecule has 0 saturated heterocycles. The van der Waals surface area contributed by atoms with Crippen molar-refractivity contribution >= 4 is 27.5 Å². The van der Waals surface area contributed by atoms with Gasteiger partial charge in [-0.1, -0.05) is 28.4 Å². The summed E-state index contributed by atoms with van der Waals surface area (Å²) in [4.78, 5) is 0. The second kappa shape index (κ2) is 7.37. The van der Waals surface area contributed by atoms with Gasteiger partial charge in [0.1, 0.15) is 12.4 Å². The van der Waals surface area contributed by atoms with E-state index in [-0.39, 0.29) is 0 Å². The minimum atomic E-state index is 0.364. The third-order valence-electron chi connectivity index (χ3n) is 3.32. The van der Waals surface area contributed by atoms with Crippen LogP contribution in [0.1, 0.15) is 19.3 Å². The summed E-state index contributed by atoms with van der Waals surface area (Å²) in [6.45, 7) is 2.57. The minimum absolute atomic E-state index is 0.364. The third kappa shape index (κ3) is 4.45. The number of nitrogens with one attached hydrogen (secondary N) is 1. The van der Waals surface area contributed by atoms with E-state index in [4.69, 9.17) is 16.3 Å². The molecule has 0 aromatic heterocycles. The van der Waals surface area contributed by atoms with Crippen LogP contribution in [0, 0.1) is 5.92 Å². The molecular weight excluding hydrogens is 314 g/mol. The molecule has 0 spiro atoms. The van der Waals surface area contributed by atoms with Crippen LogP contribution in [0.25, 0.3) is 0 Å². The van der Waals surface area contributed by atoms with Crippen LogP contribution in [0.15, 0.2) is 28.7 Å². The largest absolute Gasteiger partial charge is 0.492 e. The average molecular weight is 333 g/mol. The Hall–Kier alpha value is -0.250. The SMILES string of the molecule is ClC1CCCC1CNCCOc1cccc(Br)c1. The van der Waals surface area contributed by atoms with Crippen LogP contribution < -0.4 is 10.1 Å². The van der Waals surface area contributed by atoms with Crippen LogP contribution in [0.2, 0.25) is 0 Å². The molecule has 0 heterocycles. The molecule has 1 saturated carbocycles. The smallest absolute Gasteiger partial charge is 0.120 e. The van der Waals surface area contributed by atoms with Crippen molar-refractivity contribution in [2.75, 3.05) is 19.7 Å². The number of hydrogen-bond acceptors (Lipinski definition) is 2. The quantitative estimate of drug-likeness (QED) is 0.631. The zero-order valence-corrected chi connectivity index (χ0v) is 12.7. The Morgan fingerprint density at radius 3 is 3.00 bits per heavy atom. The van der Waals surface area contributed by atoms with E-state index in [0.717, 1.165) is 23.3 Å². The van der Waals surface area contributed by atoms with Crippen molar-refractivity contribution in [1.82, 2.24) is 5.32 Å². The summed E-state index contributed by atoms with van der Waals surface area (Å²) >= 11 is 9.65. The molecule has 0 amide bonds. The molecule has 1 aromatic rings. The third-order valence-corrected chi connectivity index (χ3v) is 4.38. The van der Waals surface area contributed by atoms with E-state index in [1.54, 1.807) is 0 Å². The van der Waals surface area contributed by atoms with Crippen LogP contribution in [-0.4, -0.2) is 25.1 Å². The van der Waals surface area contributed by atoms with Crippen molar-refractivity contribution in [1.29, 1.82) is 0 Å². The van der Waals surface area contributed by atoms with Gasteiger partial charge < -0.3 is 10.1 Å². The molecule has 4 heteroatoms. The van der Waals surface area contributed by atoms with Crippen molar-refractivity contribution in [3.05, 3.63) is 28.7 Å². The van der Waals surface area contributed by atoms with Gasteiger partial charge in [0.15, 0.2) is 0 Å². The molecular formula is C14H19BrClNO. The van der Waals surface area contributed by atoms with Crippen LogP contribution in [-0.2, 0) is 0 Å². The van der Waals surface area contributed by atoms with Crippen molar-refractivity contribution in [3.8, 4) is 5.75 Å². The Kier molecular flexibility index (Phi) is 5.80. The van der Waals surface area contributed by atoms with Crippen molar-refractivity contribution in [2.24, 2.45) is 5.92 Å². The Morgan fingerprint density at radius 2 is 2.28 bits per heavy atom. The second-order valence-electron chi connectivity index (χ2n) is 4.72. The molecule has 0 bridgehead atoms. The molecule has 1 N–H and O–H groups in total. The lowest BCUT2D eigenvalue weighted by atomic mass is 10.1. The van der Waals surface area contributed by atoms with Crippen LogP contribution in [0.4, 0.5) is 0 Å². The molecule has 1 aliphatic carbocycles. The average Bonchev–Trinajstić information content (AvgIpc) is 2.75. The van der Waals surface area contributed by atoms with Gasteiger partial charge in [0, 0.05) is 16.4 Å². The molecule has 1 aliphatic rings. The summed E-state index contributed by atoms with van der Waals surface area (Å²) in [5, 5.41) is 3.79. The molecule has 2 nitrogen and oxygen atoms in total. The first-order chi connectivity index (χ1) is 8.75. The van der Waals surface area contributed by atoms with Crippen LogP contribution in [0.3, 0.4) is 0 Å². The Bertz CT molecular complexity index is 375. The van der Waals surface area contributed by atoms with E-state index in [9.17, 15) is 0 Å². The van der Waals surface area contributed by atoms with Crippen molar-refractivity contribution in [2.45, 2.75) is 24.6 Å². The van der Waals surface area contributed by atoms with E-state index in [2.05, 4.69) is 21.2 Å². The number of halogens is 2. The maximum Gasteiger partial charge on any atom is 0.120 e. The minimum Gasteiger partial charge on any atom is -0.492 e. The monoisotopic (exact) mass is 331 g/mol. The van der Waals surface area contributed by atoms with Gasteiger partial charge in [-0.25, -0.2) is 0 Å². The van der Waals surface area contributed by atoms with Crippen molar-refractivity contribution < 1.29 is 4.74 Å². The molecule has 1 aromatic carbocycles. The maximum atomic E-state index is 6.23. The predicted octanol–water partition coefficient (Wildman–Crippen LogP) is 3.83. The summed E-state index contributed by atoms with van der Waals surface area (Å²) in [5.74, 6) is 1.54. The number of ether oxygens (including phenoxy) is 1. The fourth-order valence-corrected chi connectivity index (χ4v) is 3.05. The van der Waals surface area contributed by atoms with E-state index in [0.29, 0.717) is 17.9 Å². The molecule has 2 unspecified atom stereocenters. The first kappa shape index (κ1) is 14.2. The van der Waals surface area contributed by atoms with Gasteiger partial charge in [-0.2, -0.15) is 0 Å². The molecule has 2 rings (SSSR count). The Morgan fingerprint density at radius 1 is 1.39 bits per heavy atom. The highest BCUT2D eigenvalue weighted by molar-refractivity contribution is 9.10. The van der Waals surface area contributed by atoms with E-state index in [1.807, 2.05) is 24.3 Å². The van der Waals surface area contributed by atoms with Gasteiger partial charge in [0.25, 0.3) is 0 Å². The highest BCUT2D eigenvalue weighted by atomic mass is 79.9. The zero-order chi connectivity index (χ0) is 12.8. The molecule has 100 valence electrons. The number of alkyl halides is 1. The van der Waals surface area contributed by atoms with Gasteiger partial charge in [-0.05, 0) is 43.5 Å². The lowest BCUT2D eigenvalue weighted by Crippen LogP contribution is -2.29. The number of benzene rings is 1. The first-order valence-corrected chi connectivity index (χ1v) is 7.72. The second-order valence-corrected chi connectivity index (χ2v) is 6.19. The first-order valence-electron chi connectivity index (χ1n) is 6.49. The molecule has 0 radical (unpaired) electrons. The molecule has 0 aliphatic heterocycles. The van der Waals surface area contributed by atoms with E-state index >= 15 is 0 Å². The molecule has 2 atom stereocenters. The normalized spacial score (nSPS) is 23.2. The Labute approximate surface area is 122 Å². The van der Waals surface area contributed by atoms with Crippen LogP contribution in [0.5, 0.6) is 5.75 Å². The summed E-state index contributed by atoms with van der Waals surface area (Å²) in [6, 6.07) is 7.91. The molecule has 1 fully saturated rings.